The monoisotopic (exact) mass is 324 g/mol. The van der Waals surface area contributed by atoms with E-state index in [-0.39, 0.29) is 11.9 Å². The molecule has 7 heteroatoms. The van der Waals surface area contributed by atoms with Crippen molar-refractivity contribution < 1.29 is 19.4 Å². The van der Waals surface area contributed by atoms with Gasteiger partial charge in [0.05, 0.1) is 12.1 Å². The molecular weight excluding hydrogens is 304 g/mol. The highest BCUT2D eigenvalue weighted by Gasteiger charge is 2.25. The van der Waals surface area contributed by atoms with Crippen molar-refractivity contribution in [2.75, 3.05) is 32.1 Å². The Labute approximate surface area is 133 Å². The molecule has 6 nitrogen and oxygen atoms in total. The minimum absolute atomic E-state index is 0.0298. The second kappa shape index (κ2) is 7.21. The fraction of sp³-hybridized carbons (Fsp3) is 0.533. The van der Waals surface area contributed by atoms with E-state index in [1.807, 2.05) is 18.2 Å². The molecule has 0 spiro atoms. The molecule has 1 aromatic rings. The predicted molar refractivity (Wildman–Crippen MR) is 83.6 cm³/mol. The van der Waals surface area contributed by atoms with Crippen LogP contribution >= 0.6 is 11.8 Å². The second-order valence-corrected chi connectivity index (χ2v) is 6.47. The quantitative estimate of drug-likeness (QED) is 0.680. The van der Waals surface area contributed by atoms with Gasteiger partial charge in [0.15, 0.2) is 11.5 Å². The summed E-state index contributed by atoms with van der Waals surface area (Å²) in [6.07, 6.45) is -0.0723. The molecule has 0 bridgehead atoms. The lowest BCUT2D eigenvalue weighted by molar-refractivity contribution is -0.121. The van der Waals surface area contributed by atoms with Crippen LogP contribution in [0.4, 0.5) is 0 Å². The van der Waals surface area contributed by atoms with Crippen LogP contribution in [0.15, 0.2) is 23.1 Å². The number of carbonyl (C=O) groups is 1. The fourth-order valence-corrected chi connectivity index (χ4v) is 3.34. The first-order valence-electron chi connectivity index (χ1n) is 7.43. The van der Waals surface area contributed by atoms with Gasteiger partial charge < -0.3 is 25.2 Å². The van der Waals surface area contributed by atoms with Crippen molar-refractivity contribution in [1.82, 2.24) is 10.6 Å². The molecule has 1 amide bonds. The minimum Gasteiger partial charge on any atom is -0.486 e. The molecular formula is C15H20N2O4S. The summed E-state index contributed by atoms with van der Waals surface area (Å²) in [5, 5.41) is 15.5. The number of nitrogens with one attached hydrogen (secondary N) is 2. The van der Waals surface area contributed by atoms with Gasteiger partial charge in [-0.1, -0.05) is 0 Å². The number of aliphatic hydroxyl groups is 1. The maximum atomic E-state index is 11.9. The van der Waals surface area contributed by atoms with Gasteiger partial charge in [-0.05, 0) is 18.2 Å². The molecule has 2 unspecified atom stereocenters. The maximum absolute atomic E-state index is 11.9. The molecule has 1 fully saturated rings. The van der Waals surface area contributed by atoms with E-state index in [2.05, 4.69) is 10.6 Å². The smallest absolute Gasteiger partial charge is 0.221 e. The Balaban J connectivity index is 1.43. The van der Waals surface area contributed by atoms with Crippen molar-refractivity contribution in [3.05, 3.63) is 18.2 Å². The first kappa shape index (κ1) is 15.5. The summed E-state index contributed by atoms with van der Waals surface area (Å²) in [6.45, 7) is 2.32. The Morgan fingerprint density at radius 3 is 2.91 bits per heavy atom. The van der Waals surface area contributed by atoms with E-state index in [9.17, 15) is 9.90 Å². The normalized spacial score (nSPS) is 23.3. The summed E-state index contributed by atoms with van der Waals surface area (Å²) in [7, 11) is 0. The Morgan fingerprint density at radius 2 is 2.14 bits per heavy atom. The Morgan fingerprint density at radius 1 is 1.32 bits per heavy atom. The minimum atomic E-state index is -0.491. The topological polar surface area (TPSA) is 79.8 Å². The van der Waals surface area contributed by atoms with E-state index in [0.29, 0.717) is 38.5 Å². The van der Waals surface area contributed by atoms with Crippen molar-refractivity contribution in [2.45, 2.75) is 23.5 Å². The number of fused-ring (bicyclic) bond motifs is 1. The number of benzene rings is 1. The van der Waals surface area contributed by atoms with Crippen LogP contribution < -0.4 is 20.1 Å². The van der Waals surface area contributed by atoms with Crippen molar-refractivity contribution in [1.29, 1.82) is 0 Å². The Hall–Kier alpha value is -1.44. The van der Waals surface area contributed by atoms with E-state index in [1.165, 1.54) is 0 Å². The molecule has 0 saturated carbocycles. The van der Waals surface area contributed by atoms with Gasteiger partial charge in [0.25, 0.3) is 0 Å². The summed E-state index contributed by atoms with van der Waals surface area (Å²) >= 11 is 1.61. The van der Waals surface area contributed by atoms with Crippen LogP contribution in [0.1, 0.15) is 6.42 Å². The standard InChI is InChI=1S/C15H20N2O4S/c18-12-9-16-8-11(12)17-15(19)3-6-22-10-1-2-13-14(7-10)21-5-4-20-13/h1-2,7,11-12,16,18H,3-6,8-9H2,(H,17,19). The van der Waals surface area contributed by atoms with E-state index in [1.54, 1.807) is 11.8 Å². The zero-order chi connectivity index (χ0) is 15.4. The number of ether oxygens (including phenoxy) is 2. The first-order chi connectivity index (χ1) is 10.7. The first-order valence-corrected chi connectivity index (χ1v) is 8.41. The van der Waals surface area contributed by atoms with E-state index < -0.39 is 6.10 Å². The fourth-order valence-electron chi connectivity index (χ4n) is 2.47. The summed E-state index contributed by atoms with van der Waals surface area (Å²) in [5.41, 5.74) is 0. The largest absolute Gasteiger partial charge is 0.486 e. The summed E-state index contributed by atoms with van der Waals surface area (Å²) in [4.78, 5) is 12.9. The second-order valence-electron chi connectivity index (χ2n) is 5.30. The van der Waals surface area contributed by atoms with E-state index in [4.69, 9.17) is 9.47 Å². The van der Waals surface area contributed by atoms with Crippen molar-refractivity contribution in [3.8, 4) is 11.5 Å². The van der Waals surface area contributed by atoms with Gasteiger partial charge in [-0.2, -0.15) is 0 Å². The third kappa shape index (κ3) is 3.85. The number of aliphatic hydroxyl groups excluding tert-OH is 1. The number of hydrogen-bond acceptors (Lipinski definition) is 6. The van der Waals surface area contributed by atoms with Crippen LogP contribution in [0.5, 0.6) is 11.5 Å². The molecule has 2 aliphatic rings. The highest BCUT2D eigenvalue weighted by Crippen LogP contribution is 2.34. The molecule has 3 N–H and O–H groups in total. The van der Waals surface area contributed by atoms with Crippen LogP contribution in [0.2, 0.25) is 0 Å². The van der Waals surface area contributed by atoms with Crippen molar-refractivity contribution in [3.63, 3.8) is 0 Å². The predicted octanol–water partition coefficient (Wildman–Crippen LogP) is 0.389. The molecule has 2 aliphatic heterocycles. The molecule has 1 aromatic carbocycles. The van der Waals surface area contributed by atoms with Crippen LogP contribution in [0.25, 0.3) is 0 Å². The van der Waals surface area contributed by atoms with Gasteiger partial charge in [-0.25, -0.2) is 0 Å². The molecule has 0 radical (unpaired) electrons. The molecule has 120 valence electrons. The van der Waals surface area contributed by atoms with Crippen LogP contribution in [-0.2, 0) is 4.79 Å². The summed E-state index contributed by atoms with van der Waals surface area (Å²) in [6, 6.07) is 5.65. The average Bonchev–Trinajstić information content (AvgIpc) is 2.92. The van der Waals surface area contributed by atoms with Crippen LogP contribution in [0, 0.1) is 0 Å². The van der Waals surface area contributed by atoms with E-state index in [0.717, 1.165) is 16.4 Å². The number of carbonyl (C=O) groups excluding carboxylic acids is 1. The SMILES string of the molecule is O=C(CCSc1ccc2c(c1)OCCO2)NC1CNCC1O. The van der Waals surface area contributed by atoms with Crippen LogP contribution in [-0.4, -0.2) is 55.2 Å². The Kier molecular flexibility index (Phi) is 5.07. The molecule has 2 heterocycles. The average molecular weight is 324 g/mol. The molecule has 0 aliphatic carbocycles. The third-order valence-corrected chi connectivity index (χ3v) is 4.64. The zero-order valence-corrected chi connectivity index (χ0v) is 13.0. The maximum Gasteiger partial charge on any atom is 0.221 e. The number of β-amino-alcohol motifs (C(OH)–C–C–N with tert-alkyl or cyclic N) is 1. The van der Waals surface area contributed by atoms with E-state index >= 15 is 0 Å². The van der Waals surface area contributed by atoms with Gasteiger partial charge in [0, 0.05) is 30.2 Å². The number of rotatable bonds is 5. The van der Waals surface area contributed by atoms with Gasteiger partial charge in [-0.15, -0.1) is 11.8 Å². The van der Waals surface area contributed by atoms with Gasteiger partial charge >= 0.3 is 0 Å². The Bertz CT molecular complexity index is 540. The highest BCUT2D eigenvalue weighted by molar-refractivity contribution is 7.99. The lowest BCUT2D eigenvalue weighted by Gasteiger charge is -2.18. The zero-order valence-electron chi connectivity index (χ0n) is 12.2. The lowest BCUT2D eigenvalue weighted by atomic mass is 10.2. The number of amides is 1. The van der Waals surface area contributed by atoms with Crippen LogP contribution in [0.3, 0.4) is 0 Å². The molecule has 3 rings (SSSR count). The number of thioether (sulfide) groups is 1. The molecule has 2 atom stereocenters. The highest BCUT2D eigenvalue weighted by atomic mass is 32.2. The molecule has 1 saturated heterocycles. The van der Waals surface area contributed by atoms with Gasteiger partial charge in [0.2, 0.25) is 5.91 Å². The number of hydrogen-bond donors (Lipinski definition) is 3. The molecule has 22 heavy (non-hydrogen) atoms. The lowest BCUT2D eigenvalue weighted by Crippen LogP contribution is -2.42. The molecule has 0 aromatic heterocycles. The van der Waals surface area contributed by atoms with Gasteiger partial charge in [0.1, 0.15) is 13.2 Å². The van der Waals surface area contributed by atoms with Gasteiger partial charge in [-0.3, -0.25) is 4.79 Å². The van der Waals surface area contributed by atoms with Crippen molar-refractivity contribution in [2.24, 2.45) is 0 Å². The van der Waals surface area contributed by atoms with Crippen molar-refractivity contribution >= 4 is 17.7 Å². The summed E-state index contributed by atoms with van der Waals surface area (Å²) < 4.78 is 11.0. The summed E-state index contributed by atoms with van der Waals surface area (Å²) in [5.74, 6) is 2.19. The third-order valence-electron chi connectivity index (χ3n) is 3.64.